The molecule has 0 bridgehead atoms. The van der Waals surface area contributed by atoms with Crippen LogP contribution in [-0.4, -0.2) is 12.5 Å². The number of carbonyl (C=O) groups excluding carboxylic acids is 1. The van der Waals surface area contributed by atoms with Crippen molar-refractivity contribution in [1.29, 1.82) is 0 Å². The molecular weight excluding hydrogens is 290 g/mol. The molecule has 1 amide bonds. The zero-order valence-electron chi connectivity index (χ0n) is 10.7. The van der Waals surface area contributed by atoms with E-state index < -0.39 is 0 Å². The fraction of sp³-hybridized carbons (Fsp3) is 0.533. The van der Waals surface area contributed by atoms with Crippen molar-refractivity contribution in [2.45, 2.75) is 39.0 Å². The normalized spacial score (nSPS) is 19.3. The first-order valence-electron chi connectivity index (χ1n) is 6.77. The monoisotopic (exact) mass is 307 g/mol. The first-order valence-corrected chi connectivity index (χ1v) is 7.56. The second kappa shape index (κ2) is 4.69. The molecule has 1 aliphatic carbocycles. The van der Waals surface area contributed by atoms with Gasteiger partial charge in [-0.3, -0.25) is 4.79 Å². The second-order valence-electron chi connectivity index (χ2n) is 5.45. The molecule has 0 atom stereocenters. The van der Waals surface area contributed by atoms with Gasteiger partial charge in [-0.1, -0.05) is 22.4 Å². The topological polar surface area (TPSA) is 20.3 Å². The summed E-state index contributed by atoms with van der Waals surface area (Å²) in [4.78, 5) is 14.5. The largest absolute Gasteiger partial charge is 0.312 e. The van der Waals surface area contributed by atoms with Crippen LogP contribution in [0.15, 0.2) is 16.6 Å². The first-order chi connectivity index (χ1) is 8.66. The van der Waals surface area contributed by atoms with Crippen molar-refractivity contribution >= 4 is 27.5 Å². The Hall–Kier alpha value is -0.830. The van der Waals surface area contributed by atoms with Gasteiger partial charge in [-0.25, -0.2) is 0 Å². The van der Waals surface area contributed by atoms with Crippen LogP contribution in [0.25, 0.3) is 0 Å². The molecule has 2 nitrogen and oxygen atoms in total. The van der Waals surface area contributed by atoms with E-state index in [-0.39, 0.29) is 0 Å². The summed E-state index contributed by atoms with van der Waals surface area (Å²) in [5.41, 5.74) is 3.72. The van der Waals surface area contributed by atoms with E-state index in [0.717, 1.165) is 36.7 Å². The first kappa shape index (κ1) is 12.2. The summed E-state index contributed by atoms with van der Waals surface area (Å²) in [6.45, 7) is 3.00. The Labute approximate surface area is 116 Å². The minimum atomic E-state index is 0.291. The van der Waals surface area contributed by atoms with Gasteiger partial charge in [-0.2, -0.15) is 0 Å². The van der Waals surface area contributed by atoms with E-state index >= 15 is 0 Å². The number of aryl methyl sites for hydroxylation is 2. The molecule has 1 fully saturated rings. The quantitative estimate of drug-likeness (QED) is 0.772. The molecule has 0 aromatic heterocycles. The third-order valence-electron chi connectivity index (χ3n) is 4.16. The highest BCUT2D eigenvalue weighted by Crippen LogP contribution is 2.37. The fourth-order valence-corrected chi connectivity index (χ4v) is 3.64. The van der Waals surface area contributed by atoms with E-state index in [1.165, 1.54) is 23.2 Å². The van der Waals surface area contributed by atoms with Crippen LogP contribution >= 0.6 is 15.9 Å². The Morgan fingerprint density at radius 2 is 2.11 bits per heavy atom. The maximum Gasteiger partial charge on any atom is 0.230 e. The van der Waals surface area contributed by atoms with Gasteiger partial charge in [0.15, 0.2) is 0 Å². The molecule has 1 heterocycles. The molecule has 2 aliphatic rings. The van der Waals surface area contributed by atoms with Crippen LogP contribution < -0.4 is 4.90 Å². The molecule has 0 saturated heterocycles. The van der Waals surface area contributed by atoms with E-state index in [0.29, 0.717) is 11.8 Å². The summed E-state index contributed by atoms with van der Waals surface area (Å²) < 4.78 is 1.12. The summed E-state index contributed by atoms with van der Waals surface area (Å²) in [5, 5.41) is 0. The van der Waals surface area contributed by atoms with Crippen LogP contribution in [0, 0.1) is 12.8 Å². The van der Waals surface area contributed by atoms with Crippen LogP contribution in [0.2, 0.25) is 0 Å². The van der Waals surface area contributed by atoms with Crippen molar-refractivity contribution in [3.05, 3.63) is 27.7 Å². The van der Waals surface area contributed by atoms with Gasteiger partial charge >= 0.3 is 0 Å². The molecule has 0 spiro atoms. The number of anilines is 1. The minimum absolute atomic E-state index is 0.291. The predicted molar refractivity (Wildman–Crippen MR) is 76.9 cm³/mol. The Bertz CT molecular complexity index is 494. The number of benzene rings is 1. The standard InChI is InChI=1S/C15H18BrNO/c1-10-8-13(16)9-12-6-3-7-17(14(10)12)15(18)11-4-2-5-11/h8-9,11H,2-7H2,1H3. The highest BCUT2D eigenvalue weighted by Gasteiger charge is 2.32. The molecule has 3 rings (SSSR count). The van der Waals surface area contributed by atoms with Crippen LogP contribution in [0.5, 0.6) is 0 Å². The maximum atomic E-state index is 12.5. The molecule has 18 heavy (non-hydrogen) atoms. The molecule has 1 aromatic rings. The SMILES string of the molecule is Cc1cc(Br)cc2c1N(C(=O)C1CCC1)CCC2. The van der Waals surface area contributed by atoms with Crippen molar-refractivity contribution < 1.29 is 4.79 Å². The molecule has 3 heteroatoms. The van der Waals surface area contributed by atoms with Gasteiger partial charge in [0.05, 0.1) is 0 Å². The summed E-state index contributed by atoms with van der Waals surface area (Å²) in [7, 11) is 0. The summed E-state index contributed by atoms with van der Waals surface area (Å²) in [6, 6.07) is 4.29. The van der Waals surface area contributed by atoms with Crippen LogP contribution in [0.4, 0.5) is 5.69 Å². The number of amides is 1. The third-order valence-corrected chi connectivity index (χ3v) is 4.62. The number of rotatable bonds is 1. The molecule has 0 N–H and O–H groups in total. The smallest absolute Gasteiger partial charge is 0.230 e. The Balaban J connectivity index is 1.98. The summed E-state index contributed by atoms with van der Waals surface area (Å²) in [5.74, 6) is 0.645. The average Bonchev–Trinajstić information content (AvgIpc) is 2.25. The van der Waals surface area contributed by atoms with Crippen molar-refractivity contribution in [2.75, 3.05) is 11.4 Å². The van der Waals surface area contributed by atoms with E-state index in [1.54, 1.807) is 0 Å². The molecule has 1 saturated carbocycles. The Kier molecular flexibility index (Phi) is 3.18. The number of hydrogen-bond acceptors (Lipinski definition) is 1. The highest BCUT2D eigenvalue weighted by atomic mass is 79.9. The lowest BCUT2D eigenvalue weighted by Crippen LogP contribution is -2.42. The predicted octanol–water partition coefficient (Wildman–Crippen LogP) is 3.84. The maximum absolute atomic E-state index is 12.5. The Morgan fingerprint density at radius 3 is 2.78 bits per heavy atom. The number of nitrogens with zero attached hydrogens (tertiary/aromatic N) is 1. The number of hydrogen-bond donors (Lipinski definition) is 0. The van der Waals surface area contributed by atoms with Gasteiger partial charge in [0.25, 0.3) is 0 Å². The summed E-state index contributed by atoms with van der Waals surface area (Å²) in [6.07, 6.45) is 5.56. The number of carbonyl (C=O) groups is 1. The molecule has 1 aromatic carbocycles. The lowest BCUT2D eigenvalue weighted by molar-refractivity contribution is -0.124. The van der Waals surface area contributed by atoms with Crippen LogP contribution in [0.3, 0.4) is 0 Å². The molecule has 0 radical (unpaired) electrons. The zero-order valence-corrected chi connectivity index (χ0v) is 12.3. The van der Waals surface area contributed by atoms with E-state index in [1.807, 2.05) is 4.90 Å². The lowest BCUT2D eigenvalue weighted by atomic mass is 9.83. The van der Waals surface area contributed by atoms with Crippen molar-refractivity contribution in [2.24, 2.45) is 5.92 Å². The van der Waals surface area contributed by atoms with Crippen molar-refractivity contribution in [1.82, 2.24) is 0 Å². The summed E-state index contributed by atoms with van der Waals surface area (Å²) >= 11 is 3.55. The van der Waals surface area contributed by atoms with Gasteiger partial charge in [0.2, 0.25) is 5.91 Å². The van der Waals surface area contributed by atoms with Crippen molar-refractivity contribution in [3.8, 4) is 0 Å². The van der Waals surface area contributed by atoms with Gasteiger partial charge in [0, 0.05) is 22.6 Å². The van der Waals surface area contributed by atoms with E-state index in [2.05, 4.69) is 35.0 Å². The lowest BCUT2D eigenvalue weighted by Gasteiger charge is -2.36. The van der Waals surface area contributed by atoms with Crippen LogP contribution in [0.1, 0.15) is 36.8 Å². The van der Waals surface area contributed by atoms with Crippen molar-refractivity contribution in [3.63, 3.8) is 0 Å². The molecule has 0 unspecified atom stereocenters. The minimum Gasteiger partial charge on any atom is -0.312 e. The van der Waals surface area contributed by atoms with Gasteiger partial charge < -0.3 is 4.90 Å². The van der Waals surface area contributed by atoms with E-state index in [9.17, 15) is 4.79 Å². The van der Waals surface area contributed by atoms with Gasteiger partial charge in [-0.05, 0) is 55.9 Å². The van der Waals surface area contributed by atoms with Crippen LogP contribution in [-0.2, 0) is 11.2 Å². The number of halogens is 1. The van der Waals surface area contributed by atoms with Gasteiger partial charge in [-0.15, -0.1) is 0 Å². The number of fused-ring (bicyclic) bond motifs is 1. The molecule has 96 valence electrons. The average molecular weight is 308 g/mol. The fourth-order valence-electron chi connectivity index (χ4n) is 3.02. The third kappa shape index (κ3) is 1.99. The van der Waals surface area contributed by atoms with Gasteiger partial charge in [0.1, 0.15) is 0 Å². The Morgan fingerprint density at radius 1 is 1.33 bits per heavy atom. The zero-order chi connectivity index (χ0) is 12.7. The second-order valence-corrected chi connectivity index (χ2v) is 6.37. The highest BCUT2D eigenvalue weighted by molar-refractivity contribution is 9.10. The molecule has 1 aliphatic heterocycles. The molecular formula is C15H18BrNO. The van der Waals surface area contributed by atoms with E-state index in [4.69, 9.17) is 0 Å².